The Bertz CT molecular complexity index is 406. The molecule has 0 saturated carbocycles. The molecule has 4 heteroatoms. The van der Waals surface area contributed by atoms with Gasteiger partial charge < -0.3 is 10.0 Å². The van der Waals surface area contributed by atoms with Gasteiger partial charge in [-0.2, -0.15) is 5.26 Å². The number of carbonyl (C=O) groups excluding carboxylic acids is 1. The number of hydrogen-bond acceptors (Lipinski definition) is 3. The molecule has 1 rings (SSSR count). The molecule has 0 radical (unpaired) electrons. The van der Waals surface area contributed by atoms with Gasteiger partial charge >= 0.3 is 0 Å². The molecule has 4 nitrogen and oxygen atoms in total. The van der Waals surface area contributed by atoms with Crippen molar-refractivity contribution < 1.29 is 9.90 Å². The molecule has 1 aromatic carbocycles. The quantitative estimate of drug-likeness (QED) is 0.829. The van der Waals surface area contributed by atoms with Crippen molar-refractivity contribution in [1.29, 1.82) is 5.26 Å². The monoisotopic (exact) mass is 232 g/mol. The van der Waals surface area contributed by atoms with Crippen LogP contribution in [0.2, 0.25) is 0 Å². The van der Waals surface area contributed by atoms with Gasteiger partial charge in [-0.3, -0.25) is 4.79 Å². The minimum Gasteiger partial charge on any atom is -0.395 e. The van der Waals surface area contributed by atoms with Crippen LogP contribution in [0.15, 0.2) is 24.3 Å². The summed E-state index contributed by atoms with van der Waals surface area (Å²) in [6.45, 7) is 2.75. The summed E-state index contributed by atoms with van der Waals surface area (Å²) in [6.07, 6.45) is 0.350. The van der Waals surface area contributed by atoms with Crippen LogP contribution in [0.1, 0.15) is 22.8 Å². The molecular formula is C13H16N2O2. The molecule has 0 aliphatic heterocycles. The number of aliphatic hydroxyl groups is 1. The summed E-state index contributed by atoms with van der Waals surface area (Å²) in [7, 11) is 0. The first-order chi connectivity index (χ1) is 8.22. The summed E-state index contributed by atoms with van der Waals surface area (Å²) in [6, 6.07) is 9.06. The van der Waals surface area contributed by atoms with Crippen molar-refractivity contribution in [2.45, 2.75) is 13.3 Å². The van der Waals surface area contributed by atoms with E-state index < -0.39 is 0 Å². The minimum absolute atomic E-state index is 0.0356. The summed E-state index contributed by atoms with van der Waals surface area (Å²) >= 11 is 0. The second-order valence-electron chi connectivity index (χ2n) is 3.64. The Morgan fingerprint density at radius 3 is 2.53 bits per heavy atom. The van der Waals surface area contributed by atoms with Crippen LogP contribution in [0.4, 0.5) is 0 Å². The van der Waals surface area contributed by atoms with E-state index >= 15 is 0 Å². The highest BCUT2D eigenvalue weighted by atomic mass is 16.3. The van der Waals surface area contributed by atoms with E-state index in [1.807, 2.05) is 6.92 Å². The maximum atomic E-state index is 12.0. The number of rotatable bonds is 5. The fourth-order valence-corrected chi connectivity index (χ4v) is 1.56. The van der Waals surface area contributed by atoms with Gasteiger partial charge in [0.2, 0.25) is 0 Å². The average Bonchev–Trinajstić information content (AvgIpc) is 2.36. The van der Waals surface area contributed by atoms with Gasteiger partial charge in [-0.05, 0) is 24.6 Å². The summed E-state index contributed by atoms with van der Waals surface area (Å²) in [5, 5.41) is 17.4. The molecule has 17 heavy (non-hydrogen) atoms. The summed E-state index contributed by atoms with van der Waals surface area (Å²) in [4.78, 5) is 13.6. The maximum Gasteiger partial charge on any atom is 0.253 e. The number of nitriles is 1. The fraction of sp³-hybridized carbons (Fsp3) is 0.385. The largest absolute Gasteiger partial charge is 0.395 e. The number of carbonyl (C=O) groups is 1. The van der Waals surface area contributed by atoms with E-state index in [1.165, 1.54) is 0 Å². The molecule has 90 valence electrons. The first-order valence-corrected chi connectivity index (χ1v) is 5.59. The van der Waals surface area contributed by atoms with Gasteiger partial charge in [0.1, 0.15) is 0 Å². The number of amides is 1. The predicted molar refractivity (Wildman–Crippen MR) is 64.4 cm³/mol. The Morgan fingerprint density at radius 1 is 1.41 bits per heavy atom. The Hall–Kier alpha value is -1.86. The zero-order valence-corrected chi connectivity index (χ0v) is 9.89. The van der Waals surface area contributed by atoms with Crippen LogP contribution in [-0.4, -0.2) is 35.6 Å². The van der Waals surface area contributed by atoms with E-state index in [9.17, 15) is 4.79 Å². The molecule has 1 amide bonds. The summed E-state index contributed by atoms with van der Waals surface area (Å²) in [5.41, 5.74) is 1.48. The Kier molecular flexibility index (Phi) is 5.18. The van der Waals surface area contributed by atoms with Crippen molar-refractivity contribution in [3.05, 3.63) is 35.4 Å². The van der Waals surface area contributed by atoms with Crippen LogP contribution in [0.25, 0.3) is 0 Å². The standard InChI is InChI=1S/C13H16N2O2/c1-2-15(9-10-16)13(17)12-5-3-11(4-6-12)7-8-14/h3-6,16H,2,7,9-10H2,1H3. The van der Waals surface area contributed by atoms with Gasteiger partial charge in [-0.15, -0.1) is 0 Å². The molecule has 0 heterocycles. The van der Waals surface area contributed by atoms with E-state index in [0.717, 1.165) is 5.56 Å². The van der Waals surface area contributed by atoms with E-state index in [1.54, 1.807) is 29.2 Å². The molecule has 1 aromatic rings. The lowest BCUT2D eigenvalue weighted by Crippen LogP contribution is -2.33. The number of nitrogens with zero attached hydrogens (tertiary/aromatic N) is 2. The SMILES string of the molecule is CCN(CCO)C(=O)c1ccc(CC#N)cc1. The normalized spacial score (nSPS) is 9.71. The van der Waals surface area contributed by atoms with Crippen molar-refractivity contribution in [1.82, 2.24) is 4.90 Å². The lowest BCUT2D eigenvalue weighted by atomic mass is 10.1. The number of hydrogen-bond donors (Lipinski definition) is 1. The molecule has 0 unspecified atom stereocenters. The molecule has 0 aliphatic carbocycles. The van der Waals surface area contributed by atoms with Gasteiger partial charge in [0.05, 0.1) is 19.1 Å². The Balaban J connectivity index is 2.78. The van der Waals surface area contributed by atoms with Crippen molar-refractivity contribution >= 4 is 5.91 Å². The van der Waals surface area contributed by atoms with Crippen LogP contribution in [0.3, 0.4) is 0 Å². The number of aliphatic hydroxyl groups excluding tert-OH is 1. The van der Waals surface area contributed by atoms with Gasteiger partial charge in [0.15, 0.2) is 0 Å². The van der Waals surface area contributed by atoms with Crippen molar-refractivity contribution in [2.75, 3.05) is 19.7 Å². The molecule has 1 N–H and O–H groups in total. The van der Waals surface area contributed by atoms with E-state index in [2.05, 4.69) is 6.07 Å². The van der Waals surface area contributed by atoms with Gasteiger partial charge in [0, 0.05) is 18.7 Å². The van der Waals surface area contributed by atoms with E-state index in [0.29, 0.717) is 25.1 Å². The topological polar surface area (TPSA) is 64.3 Å². The third-order valence-corrected chi connectivity index (χ3v) is 2.52. The molecule has 0 fully saturated rings. The van der Waals surface area contributed by atoms with E-state index in [-0.39, 0.29) is 12.5 Å². The zero-order chi connectivity index (χ0) is 12.7. The van der Waals surface area contributed by atoms with Crippen LogP contribution in [-0.2, 0) is 6.42 Å². The molecule has 0 saturated heterocycles. The zero-order valence-electron chi connectivity index (χ0n) is 9.89. The first-order valence-electron chi connectivity index (χ1n) is 5.59. The van der Waals surface area contributed by atoms with E-state index in [4.69, 9.17) is 10.4 Å². The summed E-state index contributed by atoms with van der Waals surface area (Å²) in [5.74, 6) is -0.0925. The Labute approximate surface area is 101 Å². The smallest absolute Gasteiger partial charge is 0.253 e. The molecular weight excluding hydrogens is 216 g/mol. The minimum atomic E-state index is -0.0925. The first kappa shape index (κ1) is 13.2. The fourth-order valence-electron chi connectivity index (χ4n) is 1.56. The van der Waals surface area contributed by atoms with Crippen molar-refractivity contribution in [3.8, 4) is 6.07 Å². The average molecular weight is 232 g/mol. The maximum absolute atomic E-state index is 12.0. The predicted octanol–water partition coefficient (Wildman–Crippen LogP) is 1.21. The van der Waals surface area contributed by atoms with Crippen LogP contribution in [0.5, 0.6) is 0 Å². The molecule has 0 spiro atoms. The summed E-state index contributed by atoms with van der Waals surface area (Å²) < 4.78 is 0. The van der Waals surface area contributed by atoms with Crippen LogP contribution >= 0.6 is 0 Å². The third-order valence-electron chi connectivity index (χ3n) is 2.52. The van der Waals surface area contributed by atoms with Gasteiger partial charge in [-0.25, -0.2) is 0 Å². The number of benzene rings is 1. The van der Waals surface area contributed by atoms with Crippen LogP contribution in [0, 0.1) is 11.3 Å². The molecule has 0 atom stereocenters. The highest BCUT2D eigenvalue weighted by molar-refractivity contribution is 5.94. The highest BCUT2D eigenvalue weighted by Gasteiger charge is 2.12. The van der Waals surface area contributed by atoms with Gasteiger partial charge in [-0.1, -0.05) is 12.1 Å². The Morgan fingerprint density at radius 2 is 2.06 bits per heavy atom. The molecule has 0 bridgehead atoms. The third kappa shape index (κ3) is 3.58. The van der Waals surface area contributed by atoms with Crippen molar-refractivity contribution in [3.63, 3.8) is 0 Å². The highest BCUT2D eigenvalue weighted by Crippen LogP contribution is 2.08. The number of likely N-dealkylation sites (N-methyl/N-ethyl adjacent to an activating group) is 1. The second-order valence-corrected chi connectivity index (χ2v) is 3.64. The lowest BCUT2D eigenvalue weighted by Gasteiger charge is -2.19. The van der Waals surface area contributed by atoms with Crippen LogP contribution < -0.4 is 0 Å². The second kappa shape index (κ2) is 6.66. The van der Waals surface area contributed by atoms with Gasteiger partial charge in [0.25, 0.3) is 5.91 Å². The lowest BCUT2D eigenvalue weighted by molar-refractivity contribution is 0.0732. The molecule has 0 aliphatic rings. The molecule has 0 aromatic heterocycles. The van der Waals surface area contributed by atoms with Crippen molar-refractivity contribution in [2.24, 2.45) is 0 Å².